The molecular formula is C15H25N3O. The molecule has 0 aromatic carbocycles. The van der Waals surface area contributed by atoms with Gasteiger partial charge in [0.2, 0.25) is 0 Å². The van der Waals surface area contributed by atoms with Crippen molar-refractivity contribution in [1.29, 1.82) is 0 Å². The molecule has 3 unspecified atom stereocenters. The monoisotopic (exact) mass is 263 g/mol. The average Bonchev–Trinajstić information content (AvgIpc) is 2.80. The Morgan fingerprint density at radius 3 is 3.11 bits per heavy atom. The van der Waals surface area contributed by atoms with Gasteiger partial charge in [0.1, 0.15) is 0 Å². The molecule has 0 radical (unpaired) electrons. The maximum Gasteiger partial charge on any atom is 0.0684 e. The highest BCUT2D eigenvalue weighted by Gasteiger charge is 2.57. The molecule has 1 aliphatic carbocycles. The highest BCUT2D eigenvalue weighted by Crippen LogP contribution is 2.51. The van der Waals surface area contributed by atoms with Crippen LogP contribution in [0.5, 0.6) is 0 Å². The second-order valence-electron chi connectivity index (χ2n) is 6.62. The third-order valence-electron chi connectivity index (χ3n) is 4.87. The predicted molar refractivity (Wildman–Crippen MR) is 74.9 cm³/mol. The predicted octanol–water partition coefficient (Wildman–Crippen LogP) is 1.76. The van der Waals surface area contributed by atoms with Crippen LogP contribution in [0.1, 0.15) is 32.3 Å². The van der Waals surface area contributed by atoms with Crippen molar-refractivity contribution in [3.05, 3.63) is 18.0 Å². The standard InChI is InChI=1S/C15H25N3O/c1-15(2)13(12-5-4-8-19-14(12)15)16-7-6-11-9-17-18(3)10-11/h9-10,12-14,16H,4-8H2,1-3H3. The first-order chi connectivity index (χ1) is 9.09. The molecule has 1 saturated carbocycles. The number of fused-ring (bicyclic) bond motifs is 1. The fourth-order valence-corrected chi connectivity index (χ4v) is 3.91. The molecule has 0 amide bonds. The zero-order valence-corrected chi connectivity index (χ0v) is 12.2. The van der Waals surface area contributed by atoms with Gasteiger partial charge >= 0.3 is 0 Å². The number of ether oxygens (including phenoxy) is 1. The van der Waals surface area contributed by atoms with Crippen LogP contribution in [-0.4, -0.2) is 35.1 Å². The Morgan fingerprint density at radius 1 is 1.53 bits per heavy atom. The van der Waals surface area contributed by atoms with Gasteiger partial charge in [-0.3, -0.25) is 4.68 Å². The first-order valence-electron chi connectivity index (χ1n) is 7.41. The Hall–Kier alpha value is -0.870. The lowest BCUT2D eigenvalue weighted by atomic mass is 9.55. The maximum atomic E-state index is 5.94. The summed E-state index contributed by atoms with van der Waals surface area (Å²) < 4.78 is 7.81. The van der Waals surface area contributed by atoms with Gasteiger partial charge in [-0.05, 0) is 31.4 Å². The highest BCUT2D eigenvalue weighted by molar-refractivity contribution is 5.11. The summed E-state index contributed by atoms with van der Waals surface area (Å²) in [5.41, 5.74) is 1.59. The van der Waals surface area contributed by atoms with E-state index in [0.717, 1.165) is 25.5 Å². The quantitative estimate of drug-likeness (QED) is 0.899. The molecule has 1 aliphatic heterocycles. The molecule has 1 saturated heterocycles. The second-order valence-corrected chi connectivity index (χ2v) is 6.62. The number of hydrogen-bond acceptors (Lipinski definition) is 3. The molecule has 0 spiro atoms. The van der Waals surface area contributed by atoms with Crippen LogP contribution in [0, 0.1) is 11.3 Å². The van der Waals surface area contributed by atoms with E-state index in [1.54, 1.807) is 0 Å². The maximum absolute atomic E-state index is 5.94. The van der Waals surface area contributed by atoms with Gasteiger partial charge < -0.3 is 10.1 Å². The molecule has 19 heavy (non-hydrogen) atoms. The van der Waals surface area contributed by atoms with Crippen LogP contribution in [0.25, 0.3) is 0 Å². The average molecular weight is 263 g/mol. The molecule has 2 aliphatic rings. The normalized spacial score (nSPS) is 32.7. The number of aromatic nitrogens is 2. The molecule has 4 heteroatoms. The van der Waals surface area contributed by atoms with Crippen molar-refractivity contribution in [2.24, 2.45) is 18.4 Å². The van der Waals surface area contributed by atoms with Crippen molar-refractivity contribution >= 4 is 0 Å². The van der Waals surface area contributed by atoms with E-state index in [1.807, 2.05) is 17.9 Å². The van der Waals surface area contributed by atoms with Crippen LogP contribution in [0.15, 0.2) is 12.4 Å². The number of nitrogens with zero attached hydrogens (tertiary/aromatic N) is 2. The van der Waals surface area contributed by atoms with Crippen molar-refractivity contribution in [1.82, 2.24) is 15.1 Å². The number of hydrogen-bond donors (Lipinski definition) is 1. The van der Waals surface area contributed by atoms with Crippen LogP contribution >= 0.6 is 0 Å². The van der Waals surface area contributed by atoms with Gasteiger partial charge in [-0.2, -0.15) is 5.10 Å². The topological polar surface area (TPSA) is 39.1 Å². The Kier molecular flexibility index (Phi) is 3.39. The molecule has 106 valence electrons. The summed E-state index contributed by atoms with van der Waals surface area (Å²) in [7, 11) is 1.97. The van der Waals surface area contributed by atoms with Crippen molar-refractivity contribution in [3.63, 3.8) is 0 Å². The molecule has 3 atom stereocenters. The Balaban J connectivity index is 1.52. The number of nitrogens with one attached hydrogen (secondary N) is 1. The molecule has 1 N–H and O–H groups in total. The molecule has 1 aromatic heterocycles. The van der Waals surface area contributed by atoms with Gasteiger partial charge in [0.15, 0.2) is 0 Å². The Bertz CT molecular complexity index is 440. The van der Waals surface area contributed by atoms with E-state index in [4.69, 9.17) is 4.74 Å². The summed E-state index contributed by atoms with van der Waals surface area (Å²) in [5, 5.41) is 7.96. The summed E-state index contributed by atoms with van der Waals surface area (Å²) in [6, 6.07) is 0.606. The summed E-state index contributed by atoms with van der Waals surface area (Å²) in [5.74, 6) is 0.720. The SMILES string of the molecule is Cn1cc(CCNC2C3CCCOC3C2(C)C)cn1. The van der Waals surface area contributed by atoms with Crippen LogP contribution in [0.3, 0.4) is 0 Å². The lowest BCUT2D eigenvalue weighted by molar-refractivity contribution is -0.192. The van der Waals surface area contributed by atoms with E-state index in [1.165, 1.54) is 18.4 Å². The Morgan fingerprint density at radius 2 is 2.37 bits per heavy atom. The van der Waals surface area contributed by atoms with Gasteiger partial charge in [0.05, 0.1) is 12.3 Å². The first kappa shape index (κ1) is 13.1. The van der Waals surface area contributed by atoms with Crippen LogP contribution < -0.4 is 5.32 Å². The summed E-state index contributed by atoms with van der Waals surface area (Å²) in [4.78, 5) is 0. The smallest absolute Gasteiger partial charge is 0.0684 e. The van der Waals surface area contributed by atoms with Crippen LogP contribution in [0.4, 0.5) is 0 Å². The minimum atomic E-state index is 0.278. The second kappa shape index (κ2) is 4.91. The third kappa shape index (κ3) is 2.32. The highest BCUT2D eigenvalue weighted by atomic mass is 16.5. The van der Waals surface area contributed by atoms with E-state index in [2.05, 4.69) is 30.5 Å². The lowest BCUT2D eigenvalue weighted by Gasteiger charge is -2.60. The molecule has 2 fully saturated rings. The van der Waals surface area contributed by atoms with E-state index in [-0.39, 0.29) is 5.41 Å². The lowest BCUT2D eigenvalue weighted by Crippen LogP contribution is -2.69. The fraction of sp³-hybridized carbons (Fsp3) is 0.800. The van der Waals surface area contributed by atoms with Gasteiger partial charge in [0.25, 0.3) is 0 Å². The van der Waals surface area contributed by atoms with E-state index < -0.39 is 0 Å². The molecule has 2 heterocycles. The van der Waals surface area contributed by atoms with Crippen molar-refractivity contribution in [2.45, 2.75) is 45.3 Å². The van der Waals surface area contributed by atoms with Crippen molar-refractivity contribution in [2.75, 3.05) is 13.2 Å². The largest absolute Gasteiger partial charge is 0.377 e. The third-order valence-corrected chi connectivity index (χ3v) is 4.87. The minimum absolute atomic E-state index is 0.278. The molecule has 1 aromatic rings. The van der Waals surface area contributed by atoms with Crippen molar-refractivity contribution in [3.8, 4) is 0 Å². The van der Waals surface area contributed by atoms with E-state index in [9.17, 15) is 0 Å². The van der Waals surface area contributed by atoms with Gasteiger partial charge in [-0.1, -0.05) is 13.8 Å². The molecule has 4 nitrogen and oxygen atoms in total. The van der Waals surface area contributed by atoms with Crippen molar-refractivity contribution < 1.29 is 4.74 Å². The van der Waals surface area contributed by atoms with Gasteiger partial charge in [0, 0.05) is 37.2 Å². The molecular weight excluding hydrogens is 238 g/mol. The summed E-state index contributed by atoms with van der Waals surface area (Å²) >= 11 is 0. The van der Waals surface area contributed by atoms with Crippen LogP contribution in [0.2, 0.25) is 0 Å². The summed E-state index contributed by atoms with van der Waals surface area (Å²) in [6.07, 6.45) is 8.12. The molecule has 3 rings (SSSR count). The van der Waals surface area contributed by atoms with Gasteiger partial charge in [-0.15, -0.1) is 0 Å². The number of aryl methyl sites for hydroxylation is 1. The number of rotatable bonds is 4. The zero-order chi connectivity index (χ0) is 13.5. The molecule has 0 bridgehead atoms. The Labute approximate surface area is 115 Å². The van der Waals surface area contributed by atoms with E-state index in [0.29, 0.717) is 12.1 Å². The first-order valence-corrected chi connectivity index (χ1v) is 7.41. The zero-order valence-electron chi connectivity index (χ0n) is 12.2. The van der Waals surface area contributed by atoms with E-state index >= 15 is 0 Å². The van der Waals surface area contributed by atoms with Gasteiger partial charge in [-0.25, -0.2) is 0 Å². The summed E-state index contributed by atoms with van der Waals surface area (Å²) in [6.45, 7) is 6.65. The fourth-order valence-electron chi connectivity index (χ4n) is 3.91. The van der Waals surface area contributed by atoms with Crippen LogP contribution in [-0.2, 0) is 18.2 Å². The minimum Gasteiger partial charge on any atom is -0.377 e.